The molecule has 0 bridgehead atoms. The first kappa shape index (κ1) is 19.6. The van der Waals surface area contributed by atoms with E-state index in [1.807, 2.05) is 24.3 Å². The van der Waals surface area contributed by atoms with Gasteiger partial charge in [-0.1, -0.05) is 12.1 Å². The van der Waals surface area contributed by atoms with Gasteiger partial charge in [0.25, 0.3) is 5.91 Å². The summed E-state index contributed by atoms with van der Waals surface area (Å²) in [5, 5.41) is 8.91. The van der Waals surface area contributed by atoms with Gasteiger partial charge in [-0.05, 0) is 36.4 Å². The second kappa shape index (κ2) is 8.75. The topological polar surface area (TPSA) is 108 Å². The molecule has 3 aromatic rings. The maximum absolute atomic E-state index is 12.5. The Morgan fingerprint density at radius 3 is 2.43 bits per heavy atom. The molecule has 1 aliphatic heterocycles. The van der Waals surface area contributed by atoms with Crippen LogP contribution in [-0.4, -0.2) is 55.3 Å². The molecule has 30 heavy (non-hydrogen) atoms. The fraction of sp³-hybridized carbons (Fsp3) is 0.238. The van der Waals surface area contributed by atoms with Gasteiger partial charge in [-0.2, -0.15) is 4.98 Å². The molecule has 0 atom stereocenters. The third-order valence-corrected chi connectivity index (χ3v) is 4.75. The molecule has 1 aliphatic rings. The highest BCUT2D eigenvalue weighted by molar-refractivity contribution is 6.00. The Hall–Kier alpha value is -3.72. The number of hydrogen-bond acceptors (Lipinski definition) is 6. The fourth-order valence-corrected chi connectivity index (χ4v) is 3.25. The van der Waals surface area contributed by atoms with Crippen molar-refractivity contribution >= 4 is 40.3 Å². The van der Waals surface area contributed by atoms with Crippen LogP contribution >= 0.6 is 0 Å². The quantitative estimate of drug-likeness (QED) is 0.614. The first-order chi connectivity index (χ1) is 14.6. The molecule has 3 N–H and O–H groups in total. The summed E-state index contributed by atoms with van der Waals surface area (Å²) in [6.07, 6.45) is 0. The van der Waals surface area contributed by atoms with Gasteiger partial charge in [0.05, 0.1) is 18.7 Å². The Kier molecular flexibility index (Phi) is 5.71. The minimum absolute atomic E-state index is 0.189. The summed E-state index contributed by atoms with van der Waals surface area (Å²) >= 11 is 0. The molecule has 9 heteroatoms. The largest absolute Gasteiger partial charge is 0.378 e. The molecule has 2 heterocycles. The molecule has 0 radical (unpaired) electrons. The van der Waals surface area contributed by atoms with Crippen molar-refractivity contribution in [3.63, 3.8) is 0 Å². The van der Waals surface area contributed by atoms with Crippen LogP contribution in [0, 0.1) is 0 Å². The number of carbonyl (C=O) groups is 2. The minimum atomic E-state index is -0.467. The van der Waals surface area contributed by atoms with Gasteiger partial charge < -0.3 is 20.3 Å². The van der Waals surface area contributed by atoms with Crippen LogP contribution in [0.2, 0.25) is 0 Å². The number of para-hydroxylation sites is 1. The van der Waals surface area contributed by atoms with Crippen LogP contribution in [0.15, 0.2) is 48.5 Å². The monoisotopic (exact) mass is 406 g/mol. The first-order valence-electron chi connectivity index (χ1n) is 9.63. The number of nitrogens with zero attached hydrogens (tertiary/aromatic N) is 3. The van der Waals surface area contributed by atoms with Crippen molar-refractivity contribution in [2.75, 3.05) is 48.9 Å². The summed E-state index contributed by atoms with van der Waals surface area (Å²) in [5.74, 6) is 0.801. The average molecular weight is 406 g/mol. The van der Waals surface area contributed by atoms with Crippen LogP contribution in [0.5, 0.6) is 0 Å². The third kappa shape index (κ3) is 4.31. The predicted molar refractivity (Wildman–Crippen MR) is 115 cm³/mol. The van der Waals surface area contributed by atoms with E-state index in [9.17, 15) is 9.59 Å². The molecule has 2 aromatic carbocycles. The van der Waals surface area contributed by atoms with Crippen molar-refractivity contribution in [1.82, 2.24) is 15.3 Å². The van der Waals surface area contributed by atoms with Crippen LogP contribution in [0.25, 0.3) is 10.9 Å². The standard InChI is InChI=1S/C21H22N6O3/c1-22-19(28)14-6-8-15(9-7-14)23-21(29)26-20-24-17-5-3-2-4-16(17)18(25-20)27-10-12-30-13-11-27/h2-9H,10-13H2,1H3,(H,22,28)(H2,23,24,25,26,29). The van der Waals surface area contributed by atoms with Crippen molar-refractivity contribution in [3.8, 4) is 0 Å². The number of anilines is 3. The summed E-state index contributed by atoms with van der Waals surface area (Å²) in [5.41, 5.74) is 1.81. The zero-order valence-electron chi connectivity index (χ0n) is 16.5. The lowest BCUT2D eigenvalue weighted by Crippen LogP contribution is -2.37. The molecule has 0 saturated carbocycles. The summed E-state index contributed by atoms with van der Waals surface area (Å²) in [6, 6.07) is 13.8. The lowest BCUT2D eigenvalue weighted by molar-refractivity contribution is 0.0963. The predicted octanol–water partition coefficient (Wildman–Crippen LogP) is 2.47. The van der Waals surface area contributed by atoms with Crippen molar-refractivity contribution in [3.05, 3.63) is 54.1 Å². The lowest BCUT2D eigenvalue weighted by atomic mass is 10.2. The average Bonchev–Trinajstić information content (AvgIpc) is 2.79. The smallest absolute Gasteiger partial charge is 0.326 e. The Bertz CT molecular complexity index is 1060. The minimum Gasteiger partial charge on any atom is -0.378 e. The molecule has 154 valence electrons. The zero-order valence-corrected chi connectivity index (χ0v) is 16.5. The van der Waals surface area contributed by atoms with Gasteiger partial charge in [-0.3, -0.25) is 10.1 Å². The highest BCUT2D eigenvalue weighted by atomic mass is 16.5. The van der Waals surface area contributed by atoms with Crippen molar-refractivity contribution < 1.29 is 14.3 Å². The Balaban J connectivity index is 1.53. The normalized spacial score (nSPS) is 13.7. The van der Waals surface area contributed by atoms with Crippen LogP contribution < -0.4 is 20.9 Å². The molecule has 0 spiro atoms. The van der Waals surface area contributed by atoms with E-state index >= 15 is 0 Å². The molecular weight excluding hydrogens is 384 g/mol. The van der Waals surface area contributed by atoms with Crippen molar-refractivity contribution in [1.29, 1.82) is 0 Å². The van der Waals surface area contributed by atoms with E-state index in [-0.39, 0.29) is 11.9 Å². The summed E-state index contributed by atoms with van der Waals surface area (Å²) in [7, 11) is 1.57. The molecule has 9 nitrogen and oxygen atoms in total. The van der Waals surface area contributed by atoms with Gasteiger partial charge in [0.15, 0.2) is 0 Å². The highest BCUT2D eigenvalue weighted by Gasteiger charge is 2.18. The zero-order chi connectivity index (χ0) is 20.9. The van der Waals surface area contributed by atoms with Crippen LogP contribution in [0.4, 0.5) is 22.2 Å². The van der Waals surface area contributed by atoms with E-state index in [0.29, 0.717) is 24.5 Å². The number of ether oxygens (including phenoxy) is 1. The van der Waals surface area contributed by atoms with E-state index < -0.39 is 6.03 Å². The molecular formula is C21H22N6O3. The van der Waals surface area contributed by atoms with Gasteiger partial charge in [-0.25, -0.2) is 9.78 Å². The molecule has 1 saturated heterocycles. The maximum Gasteiger partial charge on any atom is 0.326 e. The van der Waals surface area contributed by atoms with Gasteiger partial charge >= 0.3 is 6.03 Å². The Labute approximate surface area is 173 Å². The van der Waals surface area contributed by atoms with Crippen molar-refractivity contribution in [2.24, 2.45) is 0 Å². The number of morpholine rings is 1. The summed E-state index contributed by atoms with van der Waals surface area (Å²) < 4.78 is 5.43. The Morgan fingerprint density at radius 1 is 0.967 bits per heavy atom. The summed E-state index contributed by atoms with van der Waals surface area (Å²) in [6.45, 7) is 2.72. The molecule has 1 fully saturated rings. The number of carbonyl (C=O) groups excluding carboxylic acids is 2. The molecule has 1 aromatic heterocycles. The molecule has 3 amide bonds. The lowest BCUT2D eigenvalue weighted by Gasteiger charge is -2.28. The van der Waals surface area contributed by atoms with Crippen LogP contribution in [0.3, 0.4) is 0 Å². The van der Waals surface area contributed by atoms with E-state index in [2.05, 4.69) is 30.8 Å². The molecule has 4 rings (SSSR count). The number of hydrogen-bond donors (Lipinski definition) is 3. The Morgan fingerprint density at radius 2 is 1.70 bits per heavy atom. The fourth-order valence-electron chi connectivity index (χ4n) is 3.25. The van der Waals surface area contributed by atoms with Gasteiger partial charge in [0.2, 0.25) is 5.95 Å². The van der Waals surface area contributed by atoms with Gasteiger partial charge in [-0.15, -0.1) is 0 Å². The van der Waals surface area contributed by atoms with Gasteiger partial charge in [0, 0.05) is 36.8 Å². The first-order valence-corrected chi connectivity index (χ1v) is 9.63. The second-order valence-electron chi connectivity index (χ2n) is 6.72. The summed E-state index contributed by atoms with van der Waals surface area (Å²) in [4.78, 5) is 35.3. The maximum atomic E-state index is 12.5. The number of nitrogens with one attached hydrogen (secondary N) is 3. The van der Waals surface area contributed by atoms with E-state index in [1.165, 1.54) is 0 Å². The third-order valence-electron chi connectivity index (χ3n) is 4.75. The molecule has 0 aliphatic carbocycles. The van der Waals surface area contributed by atoms with Crippen LogP contribution in [-0.2, 0) is 4.74 Å². The SMILES string of the molecule is CNC(=O)c1ccc(NC(=O)Nc2nc(N3CCOCC3)c3ccccc3n2)cc1. The number of fused-ring (bicyclic) bond motifs is 1. The number of benzene rings is 2. The number of urea groups is 1. The van der Waals surface area contributed by atoms with Crippen LogP contribution in [0.1, 0.15) is 10.4 Å². The van der Waals surface area contributed by atoms with Gasteiger partial charge in [0.1, 0.15) is 5.82 Å². The number of rotatable bonds is 4. The van der Waals surface area contributed by atoms with E-state index in [0.717, 1.165) is 29.8 Å². The number of aromatic nitrogens is 2. The van der Waals surface area contributed by atoms with E-state index in [1.54, 1.807) is 31.3 Å². The van der Waals surface area contributed by atoms with Crippen molar-refractivity contribution in [2.45, 2.75) is 0 Å². The highest BCUT2D eigenvalue weighted by Crippen LogP contribution is 2.26. The second-order valence-corrected chi connectivity index (χ2v) is 6.72. The number of amides is 3. The molecule has 0 unspecified atom stereocenters. The van der Waals surface area contributed by atoms with E-state index in [4.69, 9.17) is 4.74 Å².